The number of ether oxygens (including phenoxy) is 4. The molecule has 178 valence electrons. The lowest BCUT2D eigenvalue weighted by molar-refractivity contribution is -0.119. The number of amides is 1. The van der Waals surface area contributed by atoms with Gasteiger partial charge in [0.05, 0.1) is 20.3 Å². The monoisotopic (exact) mass is 484 g/mol. The molecule has 0 aliphatic carbocycles. The van der Waals surface area contributed by atoms with Gasteiger partial charge in [-0.1, -0.05) is 12.1 Å². The second kappa shape index (κ2) is 11.8. The summed E-state index contributed by atoms with van der Waals surface area (Å²) in [7, 11) is 1.57. The average molecular weight is 485 g/mol. The zero-order valence-corrected chi connectivity index (χ0v) is 19.8. The maximum absolute atomic E-state index is 12.7. The number of nitrogens with one attached hydrogen (secondary N) is 1. The molecule has 0 saturated heterocycles. The fraction of sp³-hybridized carbons (Fsp3) is 0.250. The number of carbonyl (C=O) groups is 3. The van der Waals surface area contributed by atoms with Crippen LogP contribution in [0.3, 0.4) is 0 Å². The third-order valence-electron chi connectivity index (χ3n) is 4.53. The van der Waals surface area contributed by atoms with E-state index in [2.05, 4.69) is 10.3 Å². The molecule has 0 aliphatic heterocycles. The van der Waals surface area contributed by atoms with Crippen LogP contribution in [0.1, 0.15) is 34.6 Å². The van der Waals surface area contributed by atoms with Crippen molar-refractivity contribution in [2.24, 2.45) is 0 Å². The van der Waals surface area contributed by atoms with E-state index >= 15 is 0 Å². The quantitative estimate of drug-likeness (QED) is 0.426. The molecule has 2 aromatic heterocycles. The van der Waals surface area contributed by atoms with E-state index < -0.39 is 24.5 Å². The van der Waals surface area contributed by atoms with Crippen LogP contribution in [-0.2, 0) is 14.3 Å². The Labute approximate surface area is 200 Å². The predicted octanol–water partition coefficient (Wildman–Crippen LogP) is 4.19. The molecule has 0 bridgehead atoms. The minimum Gasteiger partial charge on any atom is -0.497 e. The molecule has 34 heavy (non-hydrogen) atoms. The van der Waals surface area contributed by atoms with Crippen LogP contribution < -0.4 is 14.8 Å². The number of pyridine rings is 1. The maximum atomic E-state index is 12.7. The third-order valence-corrected chi connectivity index (χ3v) is 5.43. The minimum absolute atomic E-state index is 0.113. The van der Waals surface area contributed by atoms with Crippen molar-refractivity contribution in [1.82, 2.24) is 4.98 Å². The van der Waals surface area contributed by atoms with E-state index in [1.165, 1.54) is 23.6 Å². The number of nitrogens with zero attached hydrogens (tertiary/aromatic N) is 1. The number of esters is 2. The number of rotatable bonds is 10. The smallest absolute Gasteiger partial charge is 0.344 e. The fourth-order valence-corrected chi connectivity index (χ4v) is 3.98. The Morgan fingerprint density at radius 1 is 1.00 bits per heavy atom. The fourth-order valence-electron chi connectivity index (χ4n) is 3.01. The molecule has 0 saturated carbocycles. The highest BCUT2D eigenvalue weighted by molar-refractivity contribution is 7.15. The molecule has 9 nitrogen and oxygen atoms in total. The van der Waals surface area contributed by atoms with Gasteiger partial charge < -0.3 is 24.3 Å². The van der Waals surface area contributed by atoms with Crippen LogP contribution in [0.5, 0.6) is 11.6 Å². The molecule has 0 fully saturated rings. The van der Waals surface area contributed by atoms with Crippen molar-refractivity contribution in [2.75, 3.05) is 32.2 Å². The van der Waals surface area contributed by atoms with E-state index in [1.807, 2.05) is 0 Å². The van der Waals surface area contributed by atoms with E-state index in [1.54, 1.807) is 56.7 Å². The van der Waals surface area contributed by atoms with Crippen LogP contribution in [0.2, 0.25) is 0 Å². The van der Waals surface area contributed by atoms with E-state index in [0.717, 1.165) is 5.56 Å². The summed E-state index contributed by atoms with van der Waals surface area (Å²) in [6.45, 7) is 3.40. The topological polar surface area (TPSA) is 113 Å². The lowest BCUT2D eigenvalue weighted by atomic mass is 10.0. The van der Waals surface area contributed by atoms with E-state index in [-0.39, 0.29) is 23.6 Å². The number of hydrogen-bond donors (Lipinski definition) is 1. The summed E-state index contributed by atoms with van der Waals surface area (Å²) in [6, 6.07) is 10.2. The Morgan fingerprint density at radius 2 is 1.76 bits per heavy atom. The molecule has 0 atom stereocenters. The van der Waals surface area contributed by atoms with Gasteiger partial charge in [0.25, 0.3) is 5.91 Å². The molecule has 1 aromatic carbocycles. The van der Waals surface area contributed by atoms with E-state index in [9.17, 15) is 14.4 Å². The zero-order chi connectivity index (χ0) is 24.5. The number of benzene rings is 1. The first-order valence-electron chi connectivity index (χ1n) is 10.5. The van der Waals surface area contributed by atoms with E-state index in [4.69, 9.17) is 18.9 Å². The van der Waals surface area contributed by atoms with Gasteiger partial charge in [-0.15, -0.1) is 11.3 Å². The third kappa shape index (κ3) is 5.90. The van der Waals surface area contributed by atoms with Gasteiger partial charge in [-0.2, -0.15) is 0 Å². The van der Waals surface area contributed by atoms with Crippen LogP contribution in [0.25, 0.3) is 11.1 Å². The normalized spacial score (nSPS) is 10.3. The highest BCUT2D eigenvalue weighted by Gasteiger charge is 2.23. The molecule has 1 amide bonds. The first kappa shape index (κ1) is 24.7. The zero-order valence-electron chi connectivity index (χ0n) is 19.0. The Balaban J connectivity index is 1.75. The van der Waals surface area contributed by atoms with Crippen molar-refractivity contribution in [3.63, 3.8) is 0 Å². The molecule has 10 heteroatoms. The van der Waals surface area contributed by atoms with Gasteiger partial charge in [0.1, 0.15) is 21.9 Å². The number of hydrogen-bond acceptors (Lipinski definition) is 9. The molecule has 0 radical (unpaired) electrons. The number of methoxy groups -OCH3 is 1. The lowest BCUT2D eigenvalue weighted by Crippen LogP contribution is -2.22. The second-order valence-corrected chi connectivity index (χ2v) is 7.60. The largest absolute Gasteiger partial charge is 0.497 e. The average Bonchev–Trinajstić information content (AvgIpc) is 3.26. The van der Waals surface area contributed by atoms with Crippen molar-refractivity contribution in [3.05, 3.63) is 59.1 Å². The number of carbonyl (C=O) groups excluding carboxylic acids is 3. The second-order valence-electron chi connectivity index (χ2n) is 6.72. The molecule has 3 rings (SSSR count). The van der Waals surface area contributed by atoms with Gasteiger partial charge in [-0.25, -0.2) is 14.6 Å². The van der Waals surface area contributed by atoms with Crippen LogP contribution in [0.4, 0.5) is 5.00 Å². The van der Waals surface area contributed by atoms with Gasteiger partial charge >= 0.3 is 11.9 Å². The Hall–Kier alpha value is -3.92. The first-order chi connectivity index (χ1) is 16.5. The van der Waals surface area contributed by atoms with Crippen LogP contribution in [-0.4, -0.2) is 49.8 Å². The Morgan fingerprint density at radius 3 is 2.44 bits per heavy atom. The summed E-state index contributed by atoms with van der Waals surface area (Å²) in [4.78, 5) is 41.6. The first-order valence-corrected chi connectivity index (χ1v) is 11.3. The van der Waals surface area contributed by atoms with Gasteiger partial charge in [0, 0.05) is 17.1 Å². The van der Waals surface area contributed by atoms with Crippen LogP contribution in [0, 0.1) is 0 Å². The Kier molecular flexibility index (Phi) is 8.58. The minimum atomic E-state index is -0.748. The predicted molar refractivity (Wildman–Crippen MR) is 127 cm³/mol. The summed E-state index contributed by atoms with van der Waals surface area (Å²) < 4.78 is 20.8. The summed E-state index contributed by atoms with van der Waals surface area (Å²) in [5, 5.41) is 4.68. The molecule has 3 aromatic rings. The molecule has 1 N–H and O–H groups in total. The van der Waals surface area contributed by atoms with E-state index in [0.29, 0.717) is 22.9 Å². The standard InChI is InChI=1S/C24H24N2O7S/c1-4-31-21-17(7-6-12-25-21)23(28)33-13-19(27)26-22-20(24(29)32-5-2)18(14-34-22)15-8-10-16(30-3)11-9-15/h6-12,14H,4-5,13H2,1-3H3,(H,26,27). The maximum Gasteiger partial charge on any atom is 0.344 e. The molecule has 0 spiro atoms. The number of aromatic nitrogens is 1. The summed E-state index contributed by atoms with van der Waals surface area (Å²) >= 11 is 1.17. The van der Waals surface area contributed by atoms with Crippen molar-refractivity contribution < 1.29 is 33.3 Å². The van der Waals surface area contributed by atoms with Crippen molar-refractivity contribution in [3.8, 4) is 22.8 Å². The molecule has 0 unspecified atom stereocenters. The molecular formula is C24H24N2O7S. The van der Waals surface area contributed by atoms with Crippen molar-refractivity contribution in [2.45, 2.75) is 13.8 Å². The Bertz CT molecular complexity index is 1160. The summed E-state index contributed by atoms with van der Waals surface area (Å²) in [5.74, 6) is -1.12. The number of anilines is 1. The molecule has 2 heterocycles. The van der Waals surface area contributed by atoms with Crippen molar-refractivity contribution in [1.29, 1.82) is 0 Å². The summed E-state index contributed by atoms with van der Waals surface area (Å²) in [6.07, 6.45) is 1.49. The van der Waals surface area contributed by atoms with Crippen molar-refractivity contribution >= 4 is 34.2 Å². The lowest BCUT2D eigenvalue weighted by Gasteiger charge is -2.10. The van der Waals surface area contributed by atoms with Gasteiger partial charge in [-0.05, 0) is 43.7 Å². The van der Waals surface area contributed by atoms with Crippen LogP contribution >= 0.6 is 11.3 Å². The van der Waals surface area contributed by atoms with Gasteiger partial charge in [-0.3, -0.25) is 4.79 Å². The summed E-state index contributed by atoms with van der Waals surface area (Å²) in [5.41, 5.74) is 1.70. The molecule has 0 aliphatic rings. The highest BCUT2D eigenvalue weighted by Crippen LogP contribution is 2.36. The van der Waals surface area contributed by atoms with Crippen LogP contribution in [0.15, 0.2) is 48.0 Å². The number of thiophene rings is 1. The van der Waals surface area contributed by atoms with Gasteiger partial charge in [0.15, 0.2) is 6.61 Å². The highest BCUT2D eigenvalue weighted by atomic mass is 32.1. The van der Waals surface area contributed by atoms with Gasteiger partial charge in [0.2, 0.25) is 5.88 Å². The SMILES string of the molecule is CCOC(=O)c1c(-c2ccc(OC)cc2)csc1NC(=O)COC(=O)c1cccnc1OCC. The molecular weight excluding hydrogens is 460 g/mol.